The molecule has 1 N–H and O–H groups in total. The summed E-state index contributed by atoms with van der Waals surface area (Å²) in [6.45, 7) is 4.25. The van der Waals surface area contributed by atoms with Crippen molar-refractivity contribution in [1.29, 1.82) is 5.26 Å². The monoisotopic (exact) mass is 350 g/mol. The number of amides is 1. The Morgan fingerprint density at radius 1 is 1.40 bits per heavy atom. The SMILES string of the molecule is CCC1CCc2c(sc(NC(=O)C=Cc3ccc(C)cc3)c2C#N)C1. The van der Waals surface area contributed by atoms with Crippen molar-refractivity contribution in [2.75, 3.05) is 5.32 Å². The Balaban J connectivity index is 1.74. The molecule has 1 unspecified atom stereocenters. The van der Waals surface area contributed by atoms with Gasteiger partial charge in [0.2, 0.25) is 5.91 Å². The molecule has 4 heteroatoms. The highest BCUT2D eigenvalue weighted by Crippen LogP contribution is 2.39. The minimum absolute atomic E-state index is 0.192. The summed E-state index contributed by atoms with van der Waals surface area (Å²) >= 11 is 1.57. The van der Waals surface area contributed by atoms with Gasteiger partial charge in [-0.3, -0.25) is 4.79 Å². The van der Waals surface area contributed by atoms with Gasteiger partial charge < -0.3 is 5.32 Å². The fourth-order valence-corrected chi connectivity index (χ4v) is 4.53. The molecule has 2 aromatic rings. The molecule has 1 aromatic carbocycles. The molecule has 25 heavy (non-hydrogen) atoms. The van der Waals surface area contributed by atoms with Crippen molar-refractivity contribution in [1.82, 2.24) is 0 Å². The Hall–Kier alpha value is -2.38. The highest BCUT2D eigenvalue weighted by atomic mass is 32.1. The highest BCUT2D eigenvalue weighted by molar-refractivity contribution is 7.16. The van der Waals surface area contributed by atoms with Crippen molar-refractivity contribution in [3.05, 3.63) is 57.5 Å². The summed E-state index contributed by atoms with van der Waals surface area (Å²) in [6.07, 6.45) is 7.60. The maximum atomic E-state index is 12.3. The Kier molecular flexibility index (Phi) is 5.35. The third-order valence-electron chi connectivity index (χ3n) is 4.80. The number of fused-ring (bicyclic) bond motifs is 1. The molecule has 0 spiro atoms. The molecule has 1 heterocycles. The molecule has 1 amide bonds. The number of nitrogens with one attached hydrogen (secondary N) is 1. The Labute approximate surface area is 153 Å². The zero-order valence-electron chi connectivity index (χ0n) is 14.6. The Morgan fingerprint density at radius 2 is 2.16 bits per heavy atom. The number of carbonyl (C=O) groups is 1. The molecule has 3 rings (SSSR count). The molecule has 0 saturated carbocycles. The Bertz CT molecular complexity index is 840. The standard InChI is InChI=1S/C21H22N2OS/c1-3-15-8-10-17-18(13-22)21(25-19(17)12-15)23-20(24)11-9-16-6-4-14(2)5-7-16/h4-7,9,11,15H,3,8,10,12H2,1-2H3,(H,23,24). The summed E-state index contributed by atoms with van der Waals surface area (Å²) in [6, 6.07) is 10.3. The number of rotatable bonds is 4. The maximum Gasteiger partial charge on any atom is 0.249 e. The van der Waals surface area contributed by atoms with Crippen LogP contribution in [0.1, 0.15) is 46.9 Å². The van der Waals surface area contributed by atoms with Crippen molar-refractivity contribution in [3.8, 4) is 6.07 Å². The summed E-state index contributed by atoms with van der Waals surface area (Å²) in [5.41, 5.74) is 3.98. The first-order valence-corrected chi connectivity index (χ1v) is 9.52. The largest absolute Gasteiger partial charge is 0.313 e. The van der Waals surface area contributed by atoms with Gasteiger partial charge in [0.15, 0.2) is 0 Å². The van der Waals surface area contributed by atoms with Gasteiger partial charge in [0.1, 0.15) is 11.1 Å². The van der Waals surface area contributed by atoms with Crippen molar-refractivity contribution < 1.29 is 4.79 Å². The molecule has 1 aliphatic rings. The summed E-state index contributed by atoms with van der Waals surface area (Å²) in [5, 5.41) is 13.1. The summed E-state index contributed by atoms with van der Waals surface area (Å²) < 4.78 is 0. The first-order chi connectivity index (χ1) is 12.1. The second kappa shape index (κ2) is 7.67. The van der Waals surface area contributed by atoms with Crippen molar-refractivity contribution in [2.45, 2.75) is 39.5 Å². The van der Waals surface area contributed by atoms with Gasteiger partial charge in [-0.25, -0.2) is 0 Å². The van der Waals surface area contributed by atoms with E-state index in [0.29, 0.717) is 16.5 Å². The van der Waals surface area contributed by atoms with E-state index in [1.54, 1.807) is 17.4 Å². The normalized spacial score (nSPS) is 16.4. The molecule has 1 atom stereocenters. The second-order valence-corrected chi connectivity index (χ2v) is 7.68. The van der Waals surface area contributed by atoms with E-state index in [9.17, 15) is 10.1 Å². The van der Waals surface area contributed by atoms with Gasteiger partial charge >= 0.3 is 0 Å². The Morgan fingerprint density at radius 3 is 2.84 bits per heavy atom. The maximum absolute atomic E-state index is 12.3. The van der Waals surface area contributed by atoms with Crippen LogP contribution in [0.3, 0.4) is 0 Å². The molecule has 0 saturated heterocycles. The molecule has 0 aliphatic heterocycles. The molecule has 1 aromatic heterocycles. The number of nitriles is 1. The van der Waals surface area contributed by atoms with Crippen LogP contribution in [0.25, 0.3) is 6.08 Å². The molecule has 0 fully saturated rings. The number of carbonyl (C=O) groups excluding carboxylic acids is 1. The molecular weight excluding hydrogens is 328 g/mol. The minimum Gasteiger partial charge on any atom is -0.313 e. The van der Waals surface area contributed by atoms with Crippen LogP contribution < -0.4 is 5.32 Å². The molecule has 3 nitrogen and oxygen atoms in total. The third-order valence-corrected chi connectivity index (χ3v) is 5.97. The smallest absolute Gasteiger partial charge is 0.249 e. The molecule has 1 aliphatic carbocycles. The number of hydrogen-bond acceptors (Lipinski definition) is 3. The van der Waals surface area contributed by atoms with Gasteiger partial charge in [-0.2, -0.15) is 5.26 Å². The van der Waals surface area contributed by atoms with Crippen LogP contribution in [0.4, 0.5) is 5.00 Å². The minimum atomic E-state index is -0.192. The lowest BCUT2D eigenvalue weighted by atomic mass is 9.86. The fourth-order valence-electron chi connectivity index (χ4n) is 3.21. The lowest BCUT2D eigenvalue weighted by Gasteiger charge is -2.20. The van der Waals surface area contributed by atoms with Crippen LogP contribution in [0.2, 0.25) is 0 Å². The van der Waals surface area contributed by atoms with Crippen molar-refractivity contribution >= 4 is 28.3 Å². The van der Waals surface area contributed by atoms with E-state index in [1.165, 1.54) is 22.9 Å². The van der Waals surface area contributed by atoms with Crippen LogP contribution in [0, 0.1) is 24.2 Å². The van der Waals surface area contributed by atoms with E-state index >= 15 is 0 Å². The second-order valence-electron chi connectivity index (χ2n) is 6.57. The summed E-state index contributed by atoms with van der Waals surface area (Å²) in [5.74, 6) is 0.505. The first kappa shape index (κ1) is 17.4. The van der Waals surface area contributed by atoms with E-state index in [0.717, 1.165) is 30.4 Å². The number of benzene rings is 1. The lowest BCUT2D eigenvalue weighted by molar-refractivity contribution is -0.111. The highest BCUT2D eigenvalue weighted by Gasteiger charge is 2.25. The van der Waals surface area contributed by atoms with E-state index in [2.05, 4.69) is 18.3 Å². The number of anilines is 1. The fraction of sp³-hybridized carbons (Fsp3) is 0.333. The van der Waals surface area contributed by atoms with Crippen molar-refractivity contribution in [3.63, 3.8) is 0 Å². The average Bonchev–Trinajstić information content (AvgIpc) is 2.97. The van der Waals surface area contributed by atoms with Crippen LogP contribution in [0.5, 0.6) is 0 Å². The summed E-state index contributed by atoms with van der Waals surface area (Å²) in [7, 11) is 0. The number of aryl methyl sites for hydroxylation is 1. The van der Waals surface area contributed by atoms with Gasteiger partial charge in [-0.15, -0.1) is 11.3 Å². The van der Waals surface area contributed by atoms with Crippen LogP contribution >= 0.6 is 11.3 Å². The average molecular weight is 350 g/mol. The topological polar surface area (TPSA) is 52.9 Å². The summed E-state index contributed by atoms with van der Waals surface area (Å²) in [4.78, 5) is 13.5. The van der Waals surface area contributed by atoms with Gasteiger partial charge in [0, 0.05) is 11.0 Å². The number of hydrogen-bond donors (Lipinski definition) is 1. The predicted octanol–water partition coefficient (Wildman–Crippen LogP) is 5.10. The number of nitrogens with zero attached hydrogens (tertiary/aromatic N) is 1. The van der Waals surface area contributed by atoms with Gasteiger partial charge in [0.05, 0.1) is 5.56 Å². The molecule has 128 valence electrons. The molecule has 0 bridgehead atoms. The van der Waals surface area contributed by atoms with Gasteiger partial charge in [0.25, 0.3) is 0 Å². The quantitative estimate of drug-likeness (QED) is 0.780. The zero-order chi connectivity index (χ0) is 17.8. The molecule has 0 radical (unpaired) electrons. The third kappa shape index (κ3) is 4.00. The van der Waals surface area contributed by atoms with Crippen LogP contribution in [-0.4, -0.2) is 5.91 Å². The van der Waals surface area contributed by atoms with Crippen molar-refractivity contribution in [2.24, 2.45) is 5.92 Å². The number of thiophene rings is 1. The lowest BCUT2D eigenvalue weighted by Crippen LogP contribution is -2.12. The van der Waals surface area contributed by atoms with E-state index in [1.807, 2.05) is 31.2 Å². The van der Waals surface area contributed by atoms with E-state index in [4.69, 9.17) is 0 Å². The predicted molar refractivity (Wildman–Crippen MR) is 104 cm³/mol. The first-order valence-electron chi connectivity index (χ1n) is 8.71. The zero-order valence-corrected chi connectivity index (χ0v) is 15.5. The van der Waals surface area contributed by atoms with E-state index in [-0.39, 0.29) is 5.91 Å². The van der Waals surface area contributed by atoms with E-state index < -0.39 is 0 Å². The van der Waals surface area contributed by atoms with Gasteiger partial charge in [-0.05, 0) is 49.3 Å². The van der Waals surface area contributed by atoms with Crippen LogP contribution in [0.15, 0.2) is 30.3 Å². The molecular formula is C21H22N2OS. The van der Waals surface area contributed by atoms with Gasteiger partial charge in [-0.1, -0.05) is 43.2 Å². The van der Waals surface area contributed by atoms with Crippen LogP contribution in [-0.2, 0) is 17.6 Å².